The number of methoxy groups -OCH3 is 1. The van der Waals surface area contributed by atoms with Crippen LogP contribution in [-0.4, -0.2) is 32.3 Å². The second-order valence-corrected chi connectivity index (χ2v) is 9.32. The molecular formula is C23H33NO4. The molecule has 3 aliphatic rings. The van der Waals surface area contributed by atoms with Gasteiger partial charge in [-0.25, -0.2) is 0 Å². The molecule has 3 fully saturated rings. The van der Waals surface area contributed by atoms with E-state index in [-0.39, 0.29) is 28.9 Å². The van der Waals surface area contributed by atoms with Gasteiger partial charge in [0.25, 0.3) is 0 Å². The summed E-state index contributed by atoms with van der Waals surface area (Å²) >= 11 is 0. The van der Waals surface area contributed by atoms with Gasteiger partial charge in [0.1, 0.15) is 0 Å². The highest BCUT2D eigenvalue weighted by Gasteiger charge is 2.68. The summed E-state index contributed by atoms with van der Waals surface area (Å²) in [4.78, 5) is 12.0. The first-order valence-electron chi connectivity index (χ1n) is 10.5. The number of nitrogens with one attached hydrogen (secondary N) is 1. The normalized spacial score (nSPS) is 35.3. The molecule has 1 amide bonds. The van der Waals surface area contributed by atoms with E-state index in [4.69, 9.17) is 14.2 Å². The summed E-state index contributed by atoms with van der Waals surface area (Å²) < 4.78 is 17.6. The maximum atomic E-state index is 12.0. The van der Waals surface area contributed by atoms with E-state index in [1.165, 1.54) is 6.42 Å². The Labute approximate surface area is 168 Å². The van der Waals surface area contributed by atoms with Gasteiger partial charge in [-0.2, -0.15) is 0 Å². The van der Waals surface area contributed by atoms with Gasteiger partial charge in [-0.05, 0) is 66.5 Å². The van der Waals surface area contributed by atoms with Gasteiger partial charge in [-0.15, -0.1) is 0 Å². The molecule has 28 heavy (non-hydrogen) atoms. The summed E-state index contributed by atoms with van der Waals surface area (Å²) in [5, 5.41) is 3.34. The topological polar surface area (TPSA) is 56.8 Å². The van der Waals surface area contributed by atoms with E-state index >= 15 is 0 Å². The van der Waals surface area contributed by atoms with Crippen molar-refractivity contribution in [3.63, 3.8) is 0 Å². The van der Waals surface area contributed by atoms with Crippen LogP contribution in [0.1, 0.15) is 58.6 Å². The van der Waals surface area contributed by atoms with Crippen molar-refractivity contribution < 1.29 is 19.0 Å². The summed E-state index contributed by atoms with van der Waals surface area (Å²) in [5.74, 6) is 2.63. The molecule has 1 aliphatic heterocycles. The third-order valence-corrected chi connectivity index (χ3v) is 7.67. The Morgan fingerprint density at radius 1 is 1.32 bits per heavy atom. The van der Waals surface area contributed by atoms with Crippen LogP contribution >= 0.6 is 0 Å². The summed E-state index contributed by atoms with van der Waals surface area (Å²) in [6.07, 6.45) is 3.40. The van der Waals surface area contributed by atoms with Gasteiger partial charge in [0.2, 0.25) is 5.91 Å². The molecule has 0 unspecified atom stereocenters. The monoisotopic (exact) mass is 387 g/mol. The smallest absolute Gasteiger partial charge is 0.217 e. The lowest BCUT2D eigenvalue weighted by Gasteiger charge is -2.53. The molecule has 1 N–H and O–H groups in total. The molecule has 5 heteroatoms. The minimum atomic E-state index is 0.0382. The highest BCUT2D eigenvalue weighted by Crippen LogP contribution is 2.70. The fourth-order valence-corrected chi connectivity index (χ4v) is 6.46. The average Bonchev–Trinajstić information content (AvgIpc) is 3.14. The molecule has 1 aromatic rings. The van der Waals surface area contributed by atoms with Crippen molar-refractivity contribution in [2.24, 2.45) is 22.7 Å². The first-order chi connectivity index (χ1) is 13.3. The lowest BCUT2D eigenvalue weighted by Crippen LogP contribution is -2.58. The van der Waals surface area contributed by atoms with Crippen LogP contribution in [0.4, 0.5) is 0 Å². The zero-order valence-electron chi connectivity index (χ0n) is 17.7. The maximum absolute atomic E-state index is 12.0. The number of carbonyl (C=O) groups excluding carboxylic acids is 1. The molecule has 0 radical (unpaired) electrons. The number of hydrogen-bond acceptors (Lipinski definition) is 4. The average molecular weight is 388 g/mol. The number of fused-ring (bicyclic) bond motifs is 1. The minimum Gasteiger partial charge on any atom is -0.493 e. The van der Waals surface area contributed by atoms with Crippen LogP contribution < -0.4 is 14.8 Å². The van der Waals surface area contributed by atoms with Crippen molar-refractivity contribution in [1.29, 1.82) is 0 Å². The Kier molecular flexibility index (Phi) is 4.85. The van der Waals surface area contributed by atoms with E-state index in [1.54, 1.807) is 14.0 Å². The summed E-state index contributed by atoms with van der Waals surface area (Å²) in [7, 11) is 1.67. The summed E-state index contributed by atoms with van der Waals surface area (Å²) in [6.45, 7) is 9.61. The molecular weight excluding hydrogens is 354 g/mol. The van der Waals surface area contributed by atoms with E-state index in [0.717, 1.165) is 36.5 Å². The van der Waals surface area contributed by atoms with Crippen molar-refractivity contribution in [3.8, 4) is 11.5 Å². The van der Waals surface area contributed by atoms with Crippen molar-refractivity contribution in [2.75, 3.05) is 20.3 Å². The van der Waals surface area contributed by atoms with Crippen LogP contribution in [0.2, 0.25) is 0 Å². The first-order valence-corrected chi connectivity index (χ1v) is 10.5. The Morgan fingerprint density at radius 2 is 2.11 bits per heavy atom. The largest absolute Gasteiger partial charge is 0.493 e. The van der Waals surface area contributed by atoms with Crippen LogP contribution in [0.5, 0.6) is 11.5 Å². The maximum Gasteiger partial charge on any atom is 0.217 e. The molecule has 1 aromatic carbocycles. The van der Waals surface area contributed by atoms with E-state index in [9.17, 15) is 4.79 Å². The zero-order valence-corrected chi connectivity index (χ0v) is 17.7. The van der Waals surface area contributed by atoms with Gasteiger partial charge in [0.05, 0.1) is 19.8 Å². The Bertz CT molecular complexity index is 761. The number of hydrogen-bond donors (Lipinski definition) is 1. The number of ether oxygens (including phenoxy) is 3. The van der Waals surface area contributed by atoms with E-state index in [0.29, 0.717) is 18.4 Å². The molecule has 1 saturated heterocycles. The Hall–Kier alpha value is -1.75. The van der Waals surface area contributed by atoms with E-state index in [1.807, 2.05) is 13.0 Å². The van der Waals surface area contributed by atoms with Gasteiger partial charge in [-0.1, -0.05) is 19.9 Å². The van der Waals surface area contributed by atoms with Crippen molar-refractivity contribution >= 4 is 5.91 Å². The lowest BCUT2D eigenvalue weighted by atomic mass is 9.59. The van der Waals surface area contributed by atoms with Crippen molar-refractivity contribution in [3.05, 3.63) is 23.8 Å². The summed E-state index contributed by atoms with van der Waals surface area (Å²) in [6, 6.07) is 6.37. The molecule has 2 saturated carbocycles. The predicted octanol–water partition coefficient (Wildman–Crippen LogP) is 4.11. The highest BCUT2D eigenvalue weighted by atomic mass is 16.5. The number of rotatable bonds is 5. The van der Waals surface area contributed by atoms with E-state index in [2.05, 4.69) is 31.3 Å². The second kappa shape index (κ2) is 6.94. The van der Waals surface area contributed by atoms with Crippen molar-refractivity contribution in [2.45, 2.75) is 59.1 Å². The molecule has 1 spiro atoms. The standard InChI is InChI=1S/C23H33NO4/c1-6-27-19-11-15(7-8-18(19)26-5)20-17-12-16-13-23(17,9-10-28-20)21(22(16,3)4)24-14(2)25/h7-8,11,16-17,20-21H,6,9-10,12-13H2,1-5H3,(H,24,25)/t16-,17-,20-,21-,23-/m1/s1. The first kappa shape index (κ1) is 19.6. The minimum absolute atomic E-state index is 0.0382. The number of benzene rings is 1. The highest BCUT2D eigenvalue weighted by molar-refractivity contribution is 5.73. The molecule has 2 bridgehead atoms. The SMILES string of the molecule is CCOc1cc([C@H]2OCC[C@@]34C[C@@H](C[C@H]23)C(C)(C)[C@H]4NC(C)=O)ccc1OC. The van der Waals surface area contributed by atoms with Gasteiger partial charge in [0.15, 0.2) is 11.5 Å². The van der Waals surface area contributed by atoms with Gasteiger partial charge in [0, 0.05) is 19.6 Å². The fraction of sp³-hybridized carbons (Fsp3) is 0.696. The molecule has 2 aliphatic carbocycles. The van der Waals surface area contributed by atoms with Crippen LogP contribution in [-0.2, 0) is 9.53 Å². The summed E-state index contributed by atoms with van der Waals surface area (Å²) in [5.41, 5.74) is 1.40. The fourth-order valence-electron chi connectivity index (χ4n) is 6.46. The third kappa shape index (κ3) is 2.81. The third-order valence-electron chi connectivity index (χ3n) is 7.67. The number of carbonyl (C=O) groups is 1. The van der Waals surface area contributed by atoms with Gasteiger partial charge >= 0.3 is 0 Å². The van der Waals surface area contributed by atoms with Crippen LogP contribution in [0.25, 0.3) is 0 Å². The molecule has 5 atom stereocenters. The molecule has 5 nitrogen and oxygen atoms in total. The van der Waals surface area contributed by atoms with Crippen LogP contribution in [0.15, 0.2) is 18.2 Å². The van der Waals surface area contributed by atoms with E-state index < -0.39 is 0 Å². The predicted molar refractivity (Wildman–Crippen MR) is 108 cm³/mol. The van der Waals surface area contributed by atoms with Gasteiger partial charge in [-0.3, -0.25) is 4.79 Å². The lowest BCUT2D eigenvalue weighted by molar-refractivity contribution is -0.136. The molecule has 4 rings (SSSR count). The Morgan fingerprint density at radius 3 is 2.79 bits per heavy atom. The number of amides is 1. The molecule has 154 valence electrons. The quantitative estimate of drug-likeness (QED) is 0.826. The van der Waals surface area contributed by atoms with Crippen LogP contribution in [0, 0.1) is 22.7 Å². The Balaban J connectivity index is 1.69. The molecule has 1 heterocycles. The zero-order chi connectivity index (χ0) is 20.1. The second-order valence-electron chi connectivity index (χ2n) is 9.32. The van der Waals surface area contributed by atoms with Crippen molar-refractivity contribution in [1.82, 2.24) is 5.32 Å². The molecule has 0 aromatic heterocycles. The van der Waals surface area contributed by atoms with Gasteiger partial charge < -0.3 is 19.5 Å². The van der Waals surface area contributed by atoms with Crippen LogP contribution in [0.3, 0.4) is 0 Å².